The molecule has 0 N–H and O–H groups in total. The average Bonchev–Trinajstić information content (AvgIpc) is 3.20. The molecule has 0 unspecified atom stereocenters. The summed E-state index contributed by atoms with van der Waals surface area (Å²) in [5, 5.41) is 0. The predicted molar refractivity (Wildman–Crippen MR) is 113 cm³/mol. The zero-order valence-corrected chi connectivity index (χ0v) is 16.7. The molecule has 2 aliphatic rings. The number of piperazine rings is 1. The van der Waals surface area contributed by atoms with Crippen molar-refractivity contribution in [1.29, 1.82) is 0 Å². The van der Waals surface area contributed by atoms with Gasteiger partial charge < -0.3 is 14.2 Å². The normalized spacial score (nSPS) is 18.3. The lowest BCUT2D eigenvalue weighted by atomic mass is 9.89. The molecule has 0 spiro atoms. The van der Waals surface area contributed by atoms with Crippen molar-refractivity contribution in [3.63, 3.8) is 0 Å². The molecule has 1 saturated carbocycles. The average molecular weight is 390 g/mol. The van der Waals surface area contributed by atoms with E-state index in [1.165, 1.54) is 32.1 Å². The maximum atomic E-state index is 13.4. The van der Waals surface area contributed by atoms with Crippen molar-refractivity contribution in [2.45, 2.75) is 38.0 Å². The summed E-state index contributed by atoms with van der Waals surface area (Å²) in [6.07, 6.45) is 10.0. The molecule has 5 rings (SSSR count). The van der Waals surface area contributed by atoms with E-state index in [2.05, 4.69) is 20.5 Å². The van der Waals surface area contributed by atoms with E-state index in [0.717, 1.165) is 30.2 Å². The van der Waals surface area contributed by atoms with Crippen LogP contribution in [0.25, 0.3) is 5.52 Å². The second-order valence-electron chi connectivity index (χ2n) is 8.08. The molecule has 1 saturated heterocycles. The minimum atomic E-state index is 0.0523. The van der Waals surface area contributed by atoms with Gasteiger partial charge in [0.25, 0.3) is 5.91 Å². The molecule has 1 aliphatic carbocycles. The van der Waals surface area contributed by atoms with Crippen LogP contribution in [0.5, 0.6) is 0 Å². The van der Waals surface area contributed by atoms with Crippen LogP contribution in [0, 0.1) is 0 Å². The van der Waals surface area contributed by atoms with Crippen molar-refractivity contribution in [2.24, 2.45) is 0 Å². The van der Waals surface area contributed by atoms with Gasteiger partial charge in [-0.3, -0.25) is 4.79 Å². The largest absolute Gasteiger partial charge is 0.353 e. The van der Waals surface area contributed by atoms with Crippen LogP contribution in [-0.2, 0) is 0 Å². The molecule has 1 amide bonds. The van der Waals surface area contributed by atoms with Gasteiger partial charge >= 0.3 is 0 Å². The molecule has 6 heteroatoms. The van der Waals surface area contributed by atoms with Crippen molar-refractivity contribution in [1.82, 2.24) is 19.3 Å². The standard InChI is InChI=1S/C23H27N5O/c29-23(27-16-14-26(15-17-27)20-11-4-6-12-24-20)21-19-10-5-7-13-28(19)22(25-21)18-8-2-1-3-9-18/h4-7,10-13,18H,1-3,8-9,14-17H2. The fraction of sp³-hybridized carbons (Fsp3) is 0.435. The molecule has 6 nitrogen and oxygen atoms in total. The number of pyridine rings is 2. The fourth-order valence-corrected chi connectivity index (χ4v) is 4.70. The van der Waals surface area contributed by atoms with Gasteiger partial charge in [0.05, 0.1) is 5.52 Å². The number of carbonyl (C=O) groups is 1. The summed E-state index contributed by atoms with van der Waals surface area (Å²) in [7, 11) is 0. The Balaban J connectivity index is 1.37. The lowest BCUT2D eigenvalue weighted by molar-refractivity contribution is 0.0743. The number of nitrogens with zero attached hydrogens (tertiary/aromatic N) is 5. The van der Waals surface area contributed by atoms with E-state index in [1.54, 1.807) is 0 Å². The highest BCUT2D eigenvalue weighted by Gasteiger charge is 2.28. The molecule has 3 aromatic heterocycles. The van der Waals surface area contributed by atoms with Crippen LogP contribution < -0.4 is 4.90 Å². The molecule has 0 aromatic carbocycles. The van der Waals surface area contributed by atoms with Gasteiger partial charge in [-0.05, 0) is 37.1 Å². The number of amides is 1. The SMILES string of the molecule is O=C(c1nc(C2CCCCC2)n2ccccc12)N1CCN(c2ccccn2)CC1. The zero-order chi connectivity index (χ0) is 19.6. The Bertz CT molecular complexity index is 985. The van der Waals surface area contributed by atoms with Gasteiger partial charge in [-0.25, -0.2) is 9.97 Å². The van der Waals surface area contributed by atoms with Crippen LogP contribution in [0.4, 0.5) is 5.82 Å². The summed E-state index contributed by atoms with van der Waals surface area (Å²) in [4.78, 5) is 26.9. The highest BCUT2D eigenvalue weighted by molar-refractivity contribution is 5.99. The van der Waals surface area contributed by atoms with Crippen LogP contribution in [0.2, 0.25) is 0 Å². The third-order valence-electron chi connectivity index (χ3n) is 6.29. The van der Waals surface area contributed by atoms with Gasteiger partial charge in [0.1, 0.15) is 11.6 Å². The number of carbonyl (C=O) groups excluding carboxylic acids is 1. The van der Waals surface area contributed by atoms with E-state index in [-0.39, 0.29) is 5.91 Å². The second kappa shape index (κ2) is 7.85. The van der Waals surface area contributed by atoms with E-state index < -0.39 is 0 Å². The lowest BCUT2D eigenvalue weighted by Crippen LogP contribution is -2.49. The molecular formula is C23H27N5O. The topological polar surface area (TPSA) is 53.7 Å². The Morgan fingerprint density at radius 2 is 1.72 bits per heavy atom. The minimum Gasteiger partial charge on any atom is -0.353 e. The molecule has 0 radical (unpaired) electrons. The summed E-state index contributed by atoms with van der Waals surface area (Å²) in [6, 6.07) is 12.0. The molecule has 0 atom stereocenters. The van der Waals surface area contributed by atoms with Gasteiger partial charge in [-0.15, -0.1) is 0 Å². The lowest BCUT2D eigenvalue weighted by Gasteiger charge is -2.35. The fourth-order valence-electron chi connectivity index (χ4n) is 4.70. The third kappa shape index (κ3) is 3.48. The Labute approximate surface area is 171 Å². The summed E-state index contributed by atoms with van der Waals surface area (Å²) < 4.78 is 2.15. The van der Waals surface area contributed by atoms with Gasteiger partial charge in [0.15, 0.2) is 5.69 Å². The zero-order valence-electron chi connectivity index (χ0n) is 16.7. The predicted octanol–water partition coefficient (Wildman–Crippen LogP) is 3.74. The van der Waals surface area contributed by atoms with E-state index in [0.29, 0.717) is 24.7 Å². The smallest absolute Gasteiger partial charge is 0.274 e. The summed E-state index contributed by atoms with van der Waals surface area (Å²) >= 11 is 0. The quantitative estimate of drug-likeness (QED) is 0.685. The van der Waals surface area contributed by atoms with Crippen LogP contribution in [-0.4, -0.2) is 51.4 Å². The highest BCUT2D eigenvalue weighted by atomic mass is 16.2. The number of hydrogen-bond donors (Lipinski definition) is 0. The van der Waals surface area contributed by atoms with Crippen LogP contribution in [0.3, 0.4) is 0 Å². The Morgan fingerprint density at radius 3 is 2.48 bits per heavy atom. The van der Waals surface area contributed by atoms with Crippen LogP contribution in [0.1, 0.15) is 54.3 Å². The number of fused-ring (bicyclic) bond motifs is 1. The highest BCUT2D eigenvalue weighted by Crippen LogP contribution is 2.33. The summed E-state index contributed by atoms with van der Waals surface area (Å²) in [6.45, 7) is 2.98. The first-order valence-corrected chi connectivity index (χ1v) is 10.7. The first kappa shape index (κ1) is 18.2. The van der Waals surface area contributed by atoms with Gasteiger partial charge in [-0.2, -0.15) is 0 Å². The number of imidazole rings is 1. The van der Waals surface area contributed by atoms with Gasteiger partial charge in [-0.1, -0.05) is 31.4 Å². The van der Waals surface area contributed by atoms with E-state index >= 15 is 0 Å². The molecule has 29 heavy (non-hydrogen) atoms. The Hall–Kier alpha value is -2.89. The summed E-state index contributed by atoms with van der Waals surface area (Å²) in [5.41, 5.74) is 1.54. The molecule has 2 fully saturated rings. The maximum absolute atomic E-state index is 13.4. The monoisotopic (exact) mass is 389 g/mol. The molecular weight excluding hydrogens is 362 g/mol. The number of rotatable bonds is 3. The Morgan fingerprint density at radius 1 is 0.931 bits per heavy atom. The van der Waals surface area contributed by atoms with Crippen molar-refractivity contribution < 1.29 is 4.79 Å². The minimum absolute atomic E-state index is 0.0523. The van der Waals surface area contributed by atoms with Gasteiger partial charge in [0, 0.05) is 44.5 Å². The van der Waals surface area contributed by atoms with Crippen molar-refractivity contribution in [2.75, 3.05) is 31.1 Å². The number of anilines is 1. The Kier molecular flexibility index (Phi) is 4.92. The molecule has 0 bridgehead atoms. The number of aromatic nitrogens is 3. The molecule has 150 valence electrons. The third-order valence-corrected chi connectivity index (χ3v) is 6.29. The van der Waals surface area contributed by atoms with Crippen LogP contribution >= 0.6 is 0 Å². The number of hydrogen-bond acceptors (Lipinski definition) is 4. The first-order chi connectivity index (χ1) is 14.3. The molecule has 4 heterocycles. The van der Waals surface area contributed by atoms with Crippen LogP contribution in [0.15, 0.2) is 48.8 Å². The van der Waals surface area contributed by atoms with E-state index in [1.807, 2.05) is 47.5 Å². The maximum Gasteiger partial charge on any atom is 0.274 e. The van der Waals surface area contributed by atoms with Crippen molar-refractivity contribution in [3.8, 4) is 0 Å². The molecule has 1 aliphatic heterocycles. The van der Waals surface area contributed by atoms with E-state index in [4.69, 9.17) is 4.98 Å². The van der Waals surface area contributed by atoms with Gasteiger partial charge in [0.2, 0.25) is 0 Å². The van der Waals surface area contributed by atoms with E-state index in [9.17, 15) is 4.79 Å². The van der Waals surface area contributed by atoms with Crippen molar-refractivity contribution >= 4 is 17.2 Å². The second-order valence-corrected chi connectivity index (χ2v) is 8.08. The molecule has 3 aromatic rings. The first-order valence-electron chi connectivity index (χ1n) is 10.7. The summed E-state index contributed by atoms with van der Waals surface area (Å²) in [5.74, 6) is 2.56. The van der Waals surface area contributed by atoms with Crippen molar-refractivity contribution in [3.05, 3.63) is 60.3 Å².